The minimum Gasteiger partial charge on any atom is -0.445 e. The summed E-state index contributed by atoms with van der Waals surface area (Å²) in [6.45, 7) is 5.21. The smallest absolute Gasteiger partial charge is 0.410 e. The maximum Gasteiger partial charge on any atom is 0.410 e. The van der Waals surface area contributed by atoms with Gasteiger partial charge in [-0.3, -0.25) is 0 Å². The van der Waals surface area contributed by atoms with Gasteiger partial charge in [0.05, 0.1) is 5.54 Å². The van der Waals surface area contributed by atoms with Crippen LogP contribution in [0.5, 0.6) is 0 Å². The fraction of sp³-hybridized carbons (Fsp3) is 0.533. The van der Waals surface area contributed by atoms with E-state index in [9.17, 15) is 4.79 Å². The number of rotatable bonds is 2. The Balaban J connectivity index is 1.62. The standard InChI is InChI=1S/C15H20N2O2/c1-15-11-16-9-13(15)7-8-17(15)14(18)19-10-12-5-3-2-4-6-12/h2-6,13,16H,7-11H2,1H3. The van der Waals surface area contributed by atoms with Gasteiger partial charge in [-0.25, -0.2) is 4.79 Å². The van der Waals surface area contributed by atoms with Gasteiger partial charge in [0.25, 0.3) is 0 Å². The number of nitrogens with zero attached hydrogens (tertiary/aromatic N) is 1. The monoisotopic (exact) mass is 260 g/mol. The number of nitrogens with one attached hydrogen (secondary N) is 1. The summed E-state index contributed by atoms with van der Waals surface area (Å²) in [6.07, 6.45) is 0.891. The lowest BCUT2D eigenvalue weighted by Crippen LogP contribution is -2.49. The predicted octanol–water partition coefficient (Wildman–Crippen LogP) is 2.01. The molecule has 4 heteroatoms. The Morgan fingerprint density at radius 3 is 3.05 bits per heavy atom. The van der Waals surface area contributed by atoms with E-state index in [0.29, 0.717) is 12.5 Å². The number of carbonyl (C=O) groups excluding carboxylic acids is 1. The molecule has 0 radical (unpaired) electrons. The second-order valence-corrected chi connectivity index (χ2v) is 5.67. The summed E-state index contributed by atoms with van der Waals surface area (Å²) in [7, 11) is 0. The molecule has 2 unspecified atom stereocenters. The molecule has 3 rings (SSSR count). The van der Waals surface area contributed by atoms with E-state index in [1.54, 1.807) is 0 Å². The molecule has 1 N–H and O–H groups in total. The van der Waals surface area contributed by atoms with Crippen molar-refractivity contribution >= 4 is 6.09 Å². The average molecular weight is 260 g/mol. The van der Waals surface area contributed by atoms with Crippen LogP contribution in [0.3, 0.4) is 0 Å². The van der Waals surface area contributed by atoms with Crippen LogP contribution < -0.4 is 5.32 Å². The molecule has 0 aliphatic carbocycles. The lowest BCUT2D eigenvalue weighted by atomic mass is 9.90. The van der Waals surface area contributed by atoms with Crippen molar-refractivity contribution in [3.63, 3.8) is 0 Å². The van der Waals surface area contributed by atoms with E-state index in [1.807, 2.05) is 35.2 Å². The lowest BCUT2D eigenvalue weighted by molar-refractivity contribution is 0.0696. The van der Waals surface area contributed by atoms with E-state index in [2.05, 4.69) is 12.2 Å². The first-order chi connectivity index (χ1) is 9.20. The van der Waals surface area contributed by atoms with Crippen LogP contribution in [0.2, 0.25) is 0 Å². The summed E-state index contributed by atoms with van der Waals surface area (Å²) >= 11 is 0. The minimum absolute atomic E-state index is 0.0617. The fourth-order valence-corrected chi connectivity index (χ4v) is 3.23. The highest BCUT2D eigenvalue weighted by atomic mass is 16.6. The van der Waals surface area contributed by atoms with Crippen molar-refractivity contribution in [3.8, 4) is 0 Å². The molecule has 102 valence electrons. The Hall–Kier alpha value is -1.55. The van der Waals surface area contributed by atoms with E-state index in [0.717, 1.165) is 31.6 Å². The first-order valence-corrected chi connectivity index (χ1v) is 6.89. The summed E-state index contributed by atoms with van der Waals surface area (Å²) in [5, 5.41) is 3.37. The number of hydrogen-bond donors (Lipinski definition) is 1. The number of amides is 1. The molecule has 2 fully saturated rings. The van der Waals surface area contributed by atoms with Crippen LogP contribution in [0.1, 0.15) is 18.9 Å². The zero-order chi connectivity index (χ0) is 13.3. The molecule has 0 bridgehead atoms. The number of likely N-dealkylation sites (tertiary alicyclic amines) is 1. The second-order valence-electron chi connectivity index (χ2n) is 5.67. The molecule has 2 aliphatic heterocycles. The molecule has 19 heavy (non-hydrogen) atoms. The maximum atomic E-state index is 12.2. The Bertz CT molecular complexity index is 462. The Morgan fingerprint density at radius 1 is 1.47 bits per heavy atom. The molecule has 0 aromatic heterocycles. The van der Waals surface area contributed by atoms with Crippen LogP contribution in [-0.4, -0.2) is 36.2 Å². The molecule has 1 amide bonds. The van der Waals surface area contributed by atoms with E-state index in [1.165, 1.54) is 0 Å². The summed E-state index contributed by atoms with van der Waals surface area (Å²) in [5.41, 5.74) is 0.967. The van der Waals surface area contributed by atoms with Crippen molar-refractivity contribution in [2.45, 2.75) is 25.5 Å². The minimum atomic E-state index is -0.183. The van der Waals surface area contributed by atoms with E-state index in [4.69, 9.17) is 4.74 Å². The van der Waals surface area contributed by atoms with Crippen LogP contribution in [0.15, 0.2) is 30.3 Å². The first kappa shape index (κ1) is 12.5. The number of fused-ring (bicyclic) bond motifs is 1. The van der Waals surface area contributed by atoms with E-state index in [-0.39, 0.29) is 11.6 Å². The van der Waals surface area contributed by atoms with Crippen LogP contribution in [-0.2, 0) is 11.3 Å². The summed E-state index contributed by atoms with van der Waals surface area (Å²) in [5.74, 6) is 0.566. The van der Waals surface area contributed by atoms with Crippen molar-refractivity contribution in [2.24, 2.45) is 5.92 Å². The summed E-state index contributed by atoms with van der Waals surface area (Å²) in [6, 6.07) is 9.81. The molecule has 2 heterocycles. The number of carbonyl (C=O) groups is 1. The Labute approximate surface area is 113 Å². The Morgan fingerprint density at radius 2 is 2.26 bits per heavy atom. The highest BCUT2D eigenvalue weighted by molar-refractivity contribution is 5.69. The van der Waals surface area contributed by atoms with Crippen molar-refractivity contribution < 1.29 is 9.53 Å². The van der Waals surface area contributed by atoms with Gasteiger partial charge in [-0.15, -0.1) is 0 Å². The SMILES string of the molecule is CC12CNCC1CCN2C(=O)OCc1ccccc1. The van der Waals surface area contributed by atoms with E-state index >= 15 is 0 Å². The van der Waals surface area contributed by atoms with Crippen molar-refractivity contribution in [1.82, 2.24) is 10.2 Å². The topological polar surface area (TPSA) is 41.6 Å². The molecule has 4 nitrogen and oxygen atoms in total. The quantitative estimate of drug-likeness (QED) is 0.884. The van der Waals surface area contributed by atoms with Gasteiger partial charge in [-0.05, 0) is 24.8 Å². The van der Waals surface area contributed by atoms with Crippen LogP contribution in [0.25, 0.3) is 0 Å². The van der Waals surface area contributed by atoms with Gasteiger partial charge in [0.1, 0.15) is 6.61 Å². The highest BCUT2D eigenvalue weighted by Gasteiger charge is 2.50. The third-order valence-corrected chi connectivity index (χ3v) is 4.50. The molecule has 0 saturated carbocycles. The van der Waals surface area contributed by atoms with Gasteiger partial charge in [0.2, 0.25) is 0 Å². The van der Waals surface area contributed by atoms with Crippen molar-refractivity contribution in [3.05, 3.63) is 35.9 Å². The van der Waals surface area contributed by atoms with E-state index < -0.39 is 0 Å². The number of hydrogen-bond acceptors (Lipinski definition) is 3. The average Bonchev–Trinajstić information content (AvgIpc) is 2.93. The predicted molar refractivity (Wildman–Crippen MR) is 72.7 cm³/mol. The van der Waals surface area contributed by atoms with Crippen molar-refractivity contribution in [1.29, 1.82) is 0 Å². The first-order valence-electron chi connectivity index (χ1n) is 6.89. The number of ether oxygens (including phenoxy) is 1. The van der Waals surface area contributed by atoms with Crippen molar-refractivity contribution in [2.75, 3.05) is 19.6 Å². The third kappa shape index (κ3) is 2.21. The summed E-state index contributed by atoms with van der Waals surface area (Å²) < 4.78 is 5.44. The third-order valence-electron chi connectivity index (χ3n) is 4.50. The Kier molecular flexibility index (Phi) is 3.19. The second kappa shape index (κ2) is 4.85. The van der Waals surface area contributed by atoms with Gasteiger partial charge in [-0.2, -0.15) is 0 Å². The van der Waals surface area contributed by atoms with Gasteiger partial charge >= 0.3 is 6.09 Å². The lowest BCUT2D eigenvalue weighted by Gasteiger charge is -2.33. The fourth-order valence-electron chi connectivity index (χ4n) is 3.23. The molecule has 0 spiro atoms. The molecular weight excluding hydrogens is 240 g/mol. The molecule has 1 aromatic carbocycles. The molecule has 2 saturated heterocycles. The van der Waals surface area contributed by atoms with Crippen LogP contribution in [0.4, 0.5) is 4.79 Å². The molecule has 2 atom stereocenters. The largest absolute Gasteiger partial charge is 0.445 e. The van der Waals surface area contributed by atoms with Crippen LogP contribution in [0, 0.1) is 5.92 Å². The molecule has 2 aliphatic rings. The summed E-state index contributed by atoms with van der Waals surface area (Å²) in [4.78, 5) is 14.1. The van der Waals surface area contributed by atoms with Gasteiger partial charge in [-0.1, -0.05) is 30.3 Å². The maximum absolute atomic E-state index is 12.2. The molecule has 1 aromatic rings. The van der Waals surface area contributed by atoms with Gasteiger partial charge in [0.15, 0.2) is 0 Å². The van der Waals surface area contributed by atoms with Gasteiger partial charge < -0.3 is 15.0 Å². The zero-order valence-corrected chi connectivity index (χ0v) is 11.3. The van der Waals surface area contributed by atoms with Crippen LogP contribution >= 0.6 is 0 Å². The zero-order valence-electron chi connectivity index (χ0n) is 11.3. The number of benzene rings is 1. The normalized spacial score (nSPS) is 29.3. The molecular formula is C15H20N2O2. The highest BCUT2D eigenvalue weighted by Crippen LogP contribution is 2.37. The van der Waals surface area contributed by atoms with Gasteiger partial charge in [0, 0.05) is 19.6 Å².